The van der Waals surface area contributed by atoms with Gasteiger partial charge in [-0.05, 0) is 31.7 Å². The summed E-state index contributed by atoms with van der Waals surface area (Å²) in [5, 5.41) is 30.9. The highest BCUT2D eigenvalue weighted by atomic mass is 16.3. The predicted octanol–water partition coefficient (Wildman–Crippen LogP) is 4.50. The first-order chi connectivity index (χ1) is 13.1. The van der Waals surface area contributed by atoms with Crippen LogP contribution < -0.4 is 0 Å². The Labute approximate surface area is 168 Å². The molecule has 3 N–H and O–H groups in total. The van der Waals surface area contributed by atoms with Gasteiger partial charge in [0.25, 0.3) is 0 Å². The fourth-order valence-electron chi connectivity index (χ4n) is 4.40. The first kappa shape index (κ1) is 24.9. The summed E-state index contributed by atoms with van der Waals surface area (Å²) in [7, 11) is 0. The molecule has 0 aromatic rings. The molecule has 4 heteroatoms. The van der Waals surface area contributed by atoms with E-state index in [0.717, 1.165) is 45.2 Å². The Kier molecular flexibility index (Phi) is 14.5. The van der Waals surface area contributed by atoms with Gasteiger partial charge in [-0.2, -0.15) is 0 Å². The molecule has 1 aliphatic heterocycles. The van der Waals surface area contributed by atoms with Crippen LogP contribution in [0.15, 0.2) is 0 Å². The molecule has 4 atom stereocenters. The van der Waals surface area contributed by atoms with E-state index in [0.29, 0.717) is 12.3 Å². The van der Waals surface area contributed by atoms with Gasteiger partial charge < -0.3 is 15.3 Å². The van der Waals surface area contributed by atoms with Gasteiger partial charge in [-0.1, -0.05) is 84.5 Å². The van der Waals surface area contributed by atoms with Crippen molar-refractivity contribution < 1.29 is 15.3 Å². The van der Waals surface area contributed by atoms with Gasteiger partial charge in [0.05, 0.1) is 12.2 Å². The van der Waals surface area contributed by atoms with Crippen LogP contribution in [0.5, 0.6) is 0 Å². The average Bonchev–Trinajstić information content (AvgIpc) is 3.15. The fraction of sp³-hybridized carbons (Fsp3) is 1.00. The molecular formula is C23H47NO3. The van der Waals surface area contributed by atoms with Gasteiger partial charge in [0.1, 0.15) is 0 Å². The first-order valence-corrected chi connectivity index (χ1v) is 11.8. The summed E-state index contributed by atoms with van der Waals surface area (Å²) < 4.78 is 0. The number of rotatable bonds is 17. The van der Waals surface area contributed by atoms with Crippen molar-refractivity contribution in [1.29, 1.82) is 0 Å². The van der Waals surface area contributed by atoms with E-state index in [4.69, 9.17) is 0 Å². The number of unbranched alkanes of at least 4 members (excludes halogenated alkanes) is 9. The average molecular weight is 386 g/mol. The van der Waals surface area contributed by atoms with Crippen LogP contribution >= 0.6 is 0 Å². The number of hydrogen-bond donors (Lipinski definition) is 3. The number of aliphatic hydroxyl groups is 3. The number of aliphatic hydroxyl groups excluding tert-OH is 3. The number of hydrogen-bond acceptors (Lipinski definition) is 4. The summed E-state index contributed by atoms with van der Waals surface area (Å²) in [6, 6.07) is 0.0402. The van der Waals surface area contributed by atoms with Crippen molar-refractivity contribution in [2.45, 2.75) is 122 Å². The minimum absolute atomic E-state index is 0.0402. The van der Waals surface area contributed by atoms with Crippen LogP contribution in [0.4, 0.5) is 0 Å². The highest BCUT2D eigenvalue weighted by Gasteiger charge is 2.34. The summed E-state index contributed by atoms with van der Waals surface area (Å²) in [6.07, 6.45) is 14.8. The third-order valence-electron chi connectivity index (χ3n) is 6.29. The van der Waals surface area contributed by atoms with E-state index in [9.17, 15) is 15.3 Å². The lowest BCUT2D eigenvalue weighted by atomic mass is 9.94. The van der Waals surface area contributed by atoms with Crippen LogP contribution in [0.25, 0.3) is 0 Å². The second-order valence-electron chi connectivity index (χ2n) is 8.72. The molecule has 1 aliphatic rings. The lowest BCUT2D eigenvalue weighted by Gasteiger charge is -2.34. The molecule has 1 fully saturated rings. The number of nitrogens with zero attached hydrogens (tertiary/aromatic N) is 1. The van der Waals surface area contributed by atoms with Gasteiger partial charge >= 0.3 is 0 Å². The lowest BCUT2D eigenvalue weighted by Crippen LogP contribution is -2.48. The standard InChI is InChI=1S/C23H47NO3/c1-3-5-7-9-10-11-12-14-21(24-17-16-20(18-24)19-25)23(27)22(26)15-13-8-6-4-2/h20-23,25-27H,3-19H2,1-2H3/t20-,21-,22-,23+/m0/s1. The van der Waals surface area contributed by atoms with Crippen LogP contribution in [0.1, 0.15) is 104 Å². The third kappa shape index (κ3) is 10.3. The highest BCUT2D eigenvalue weighted by molar-refractivity contribution is 4.88. The summed E-state index contributed by atoms with van der Waals surface area (Å²) in [5.41, 5.74) is 0. The Balaban J connectivity index is 2.44. The molecule has 0 bridgehead atoms. The van der Waals surface area contributed by atoms with Crippen molar-refractivity contribution in [1.82, 2.24) is 4.90 Å². The maximum absolute atomic E-state index is 10.9. The smallest absolute Gasteiger partial charge is 0.0953 e. The minimum Gasteiger partial charge on any atom is -0.396 e. The maximum atomic E-state index is 10.9. The maximum Gasteiger partial charge on any atom is 0.0953 e. The summed E-state index contributed by atoms with van der Waals surface area (Å²) in [5.74, 6) is 0.329. The van der Waals surface area contributed by atoms with Crippen molar-refractivity contribution in [2.24, 2.45) is 5.92 Å². The monoisotopic (exact) mass is 385 g/mol. The van der Waals surface area contributed by atoms with Gasteiger partial charge in [0.2, 0.25) is 0 Å². The Hall–Kier alpha value is -0.160. The third-order valence-corrected chi connectivity index (χ3v) is 6.29. The molecule has 27 heavy (non-hydrogen) atoms. The molecule has 0 unspecified atom stereocenters. The van der Waals surface area contributed by atoms with Crippen molar-refractivity contribution in [3.05, 3.63) is 0 Å². The Bertz CT molecular complexity index is 340. The zero-order valence-corrected chi connectivity index (χ0v) is 18.1. The SMILES string of the molecule is CCCCCCCCC[C@@H]([C@@H](O)[C@@H](O)CCCCCC)N1CC[C@H](CO)C1. The normalized spacial score (nSPS) is 21.4. The van der Waals surface area contributed by atoms with Crippen molar-refractivity contribution >= 4 is 0 Å². The topological polar surface area (TPSA) is 63.9 Å². The van der Waals surface area contributed by atoms with E-state index in [2.05, 4.69) is 18.7 Å². The van der Waals surface area contributed by atoms with E-state index in [1.54, 1.807) is 0 Å². The second-order valence-corrected chi connectivity index (χ2v) is 8.72. The molecular weight excluding hydrogens is 338 g/mol. The zero-order valence-electron chi connectivity index (χ0n) is 18.1. The molecule has 1 rings (SSSR count). The van der Waals surface area contributed by atoms with Crippen molar-refractivity contribution in [3.63, 3.8) is 0 Å². The molecule has 0 saturated carbocycles. The molecule has 0 aromatic carbocycles. The van der Waals surface area contributed by atoms with E-state index in [-0.39, 0.29) is 12.6 Å². The number of likely N-dealkylation sites (tertiary alicyclic amines) is 1. The quantitative estimate of drug-likeness (QED) is 0.323. The van der Waals surface area contributed by atoms with Gasteiger partial charge in [0, 0.05) is 19.2 Å². The Morgan fingerprint density at radius 1 is 0.815 bits per heavy atom. The summed E-state index contributed by atoms with van der Waals surface area (Å²) >= 11 is 0. The predicted molar refractivity (Wildman–Crippen MR) is 114 cm³/mol. The molecule has 4 nitrogen and oxygen atoms in total. The zero-order chi connectivity index (χ0) is 19.9. The van der Waals surface area contributed by atoms with Crippen LogP contribution in [0.3, 0.4) is 0 Å². The molecule has 0 amide bonds. The van der Waals surface area contributed by atoms with E-state index >= 15 is 0 Å². The van der Waals surface area contributed by atoms with Crippen LogP contribution in [-0.2, 0) is 0 Å². The van der Waals surface area contributed by atoms with Gasteiger partial charge in [-0.25, -0.2) is 0 Å². The molecule has 0 spiro atoms. The summed E-state index contributed by atoms with van der Waals surface area (Å²) in [6.45, 7) is 6.46. The highest BCUT2D eigenvalue weighted by Crippen LogP contribution is 2.25. The summed E-state index contributed by atoms with van der Waals surface area (Å²) in [4.78, 5) is 2.33. The van der Waals surface area contributed by atoms with Crippen molar-refractivity contribution in [3.8, 4) is 0 Å². The molecule has 162 valence electrons. The minimum atomic E-state index is -0.663. The fourth-order valence-corrected chi connectivity index (χ4v) is 4.40. The molecule has 0 aliphatic carbocycles. The molecule has 0 aromatic heterocycles. The van der Waals surface area contributed by atoms with Crippen LogP contribution in [-0.4, -0.2) is 58.2 Å². The van der Waals surface area contributed by atoms with Crippen LogP contribution in [0.2, 0.25) is 0 Å². The molecule has 0 radical (unpaired) electrons. The van der Waals surface area contributed by atoms with Gasteiger partial charge in [-0.3, -0.25) is 4.90 Å². The van der Waals surface area contributed by atoms with Gasteiger partial charge in [0.15, 0.2) is 0 Å². The van der Waals surface area contributed by atoms with Gasteiger partial charge in [-0.15, -0.1) is 0 Å². The van der Waals surface area contributed by atoms with Crippen molar-refractivity contribution in [2.75, 3.05) is 19.7 Å². The van der Waals surface area contributed by atoms with E-state index in [1.807, 2.05) is 0 Å². The second kappa shape index (κ2) is 15.7. The Morgan fingerprint density at radius 2 is 1.37 bits per heavy atom. The molecule has 1 saturated heterocycles. The first-order valence-electron chi connectivity index (χ1n) is 11.8. The van der Waals surface area contributed by atoms with E-state index in [1.165, 1.54) is 51.4 Å². The largest absolute Gasteiger partial charge is 0.396 e. The van der Waals surface area contributed by atoms with Crippen LogP contribution in [0, 0.1) is 5.92 Å². The Morgan fingerprint density at radius 3 is 1.96 bits per heavy atom. The molecule has 1 heterocycles. The lowest BCUT2D eigenvalue weighted by molar-refractivity contribution is -0.0417. The van der Waals surface area contributed by atoms with E-state index < -0.39 is 12.2 Å².